The van der Waals surface area contributed by atoms with Crippen molar-refractivity contribution in [3.63, 3.8) is 0 Å². The van der Waals surface area contributed by atoms with Crippen LogP contribution in [0.4, 0.5) is 0 Å². The first-order valence-electron chi connectivity index (χ1n) is 5.34. The molecule has 0 unspecified atom stereocenters. The van der Waals surface area contributed by atoms with Gasteiger partial charge in [0.1, 0.15) is 5.88 Å². The largest absolute Gasteiger partial charge is 0.352 e. The van der Waals surface area contributed by atoms with E-state index in [0.29, 0.717) is 12.1 Å². The van der Waals surface area contributed by atoms with Crippen LogP contribution < -0.4 is 11.1 Å². The molecule has 2 aliphatic carbocycles. The first-order valence-corrected chi connectivity index (χ1v) is 6.79. The maximum absolute atomic E-state index is 10.4. The van der Waals surface area contributed by atoms with E-state index in [0.717, 1.165) is 12.8 Å². The second-order valence-corrected chi connectivity index (χ2v) is 4.76. The third-order valence-electron chi connectivity index (χ3n) is 1.79. The molecule has 17 heavy (non-hydrogen) atoms. The molecule has 0 heterocycles. The van der Waals surface area contributed by atoms with E-state index in [1.807, 2.05) is 0 Å². The van der Waals surface area contributed by atoms with E-state index in [1.54, 1.807) is 0 Å². The van der Waals surface area contributed by atoms with Gasteiger partial charge in [0, 0.05) is 12.1 Å². The molecule has 0 atom stereocenters. The molecule has 0 aliphatic heterocycles. The van der Waals surface area contributed by atoms with Gasteiger partial charge >= 0.3 is 0 Å². The normalized spacial score (nSPS) is 16.9. The van der Waals surface area contributed by atoms with E-state index in [9.17, 15) is 9.59 Å². The molecule has 0 aromatic rings. The first-order chi connectivity index (χ1) is 7.99. The lowest BCUT2D eigenvalue weighted by atomic mass is 10.6. The predicted molar refractivity (Wildman–Crippen MR) is 70.7 cm³/mol. The maximum atomic E-state index is 10.4. The summed E-state index contributed by atoms with van der Waals surface area (Å²) in [5, 5.41) is 2.22. The Balaban J connectivity index is 0.000000245. The monoisotopic (exact) mass is 302 g/mol. The van der Waals surface area contributed by atoms with Gasteiger partial charge in [0.2, 0.25) is 11.1 Å². The Bertz CT molecular complexity index is 244. The summed E-state index contributed by atoms with van der Waals surface area (Å²) in [6.07, 6.45) is 4.78. The summed E-state index contributed by atoms with van der Waals surface area (Å²) < 4.78 is 0. The number of carbonyl (C=O) groups is 2. The number of carbonyl (C=O) groups excluding carboxylic acids is 2. The number of amides is 1. The van der Waals surface area contributed by atoms with Gasteiger partial charge < -0.3 is 11.1 Å². The molecule has 0 aromatic heterocycles. The van der Waals surface area contributed by atoms with Gasteiger partial charge in [0.15, 0.2) is 0 Å². The van der Waals surface area contributed by atoms with Crippen molar-refractivity contribution in [2.75, 3.05) is 11.8 Å². The van der Waals surface area contributed by atoms with Gasteiger partial charge in [-0.1, -0.05) is 0 Å². The molecule has 1 amide bonds. The van der Waals surface area contributed by atoms with Gasteiger partial charge in [-0.2, -0.15) is 0 Å². The lowest BCUT2D eigenvalue weighted by Crippen LogP contribution is -2.26. The van der Waals surface area contributed by atoms with Crippen molar-refractivity contribution in [1.82, 2.24) is 5.32 Å². The summed E-state index contributed by atoms with van der Waals surface area (Å²) in [6, 6.07) is 1.03. The predicted octanol–water partition coefficient (Wildman–Crippen LogP) is 1.60. The van der Waals surface area contributed by atoms with Crippen LogP contribution in [0.2, 0.25) is 0 Å². The topological polar surface area (TPSA) is 72.2 Å². The fraction of sp³-hybridized carbons (Fsp3) is 0.800. The van der Waals surface area contributed by atoms with E-state index in [-0.39, 0.29) is 17.7 Å². The summed E-state index contributed by atoms with van der Waals surface area (Å²) >= 11 is 14.8. The molecule has 0 saturated heterocycles. The van der Waals surface area contributed by atoms with Crippen LogP contribution in [0.3, 0.4) is 0 Å². The van der Waals surface area contributed by atoms with Crippen LogP contribution >= 0.6 is 34.8 Å². The van der Waals surface area contributed by atoms with Crippen molar-refractivity contribution in [2.24, 2.45) is 5.73 Å². The lowest BCUT2D eigenvalue weighted by molar-refractivity contribution is -0.118. The highest BCUT2D eigenvalue weighted by Crippen LogP contribution is 2.18. The Morgan fingerprint density at radius 3 is 1.71 bits per heavy atom. The number of nitrogens with two attached hydrogens (primary N) is 1. The van der Waals surface area contributed by atoms with Crippen LogP contribution in [0.25, 0.3) is 0 Å². The van der Waals surface area contributed by atoms with Crippen molar-refractivity contribution < 1.29 is 9.59 Å². The highest BCUT2D eigenvalue weighted by atomic mass is 35.5. The summed E-state index contributed by atoms with van der Waals surface area (Å²) in [7, 11) is 0. The second kappa shape index (κ2) is 9.95. The lowest BCUT2D eigenvalue weighted by Gasteiger charge is -1.95. The molecule has 0 spiro atoms. The minimum atomic E-state index is -0.508. The fourth-order valence-electron chi connectivity index (χ4n) is 0.590. The molecular weight excluding hydrogens is 286 g/mol. The molecule has 4 nitrogen and oxygen atoms in total. The van der Waals surface area contributed by atoms with Crippen LogP contribution in [0.1, 0.15) is 25.7 Å². The van der Waals surface area contributed by atoms with E-state index in [2.05, 4.69) is 5.32 Å². The quantitative estimate of drug-likeness (QED) is 0.614. The van der Waals surface area contributed by atoms with Crippen LogP contribution in [-0.2, 0) is 9.59 Å². The fourth-order valence-corrected chi connectivity index (χ4v) is 0.667. The molecule has 0 aromatic carbocycles. The van der Waals surface area contributed by atoms with Crippen molar-refractivity contribution in [1.29, 1.82) is 0 Å². The number of hydrogen-bond donors (Lipinski definition) is 2. The van der Waals surface area contributed by atoms with E-state index in [4.69, 9.17) is 40.5 Å². The highest BCUT2D eigenvalue weighted by Gasteiger charge is 2.22. The zero-order valence-corrected chi connectivity index (χ0v) is 11.7. The van der Waals surface area contributed by atoms with Crippen molar-refractivity contribution in [3.8, 4) is 0 Å². The zero-order chi connectivity index (χ0) is 13.3. The van der Waals surface area contributed by atoms with Gasteiger partial charge in [-0.15, -0.1) is 23.2 Å². The number of halogens is 3. The third kappa shape index (κ3) is 16.0. The summed E-state index contributed by atoms with van der Waals surface area (Å²) in [5.74, 6) is -0.0490. The Hall–Kier alpha value is -0.0300. The minimum Gasteiger partial charge on any atom is -0.352 e. The third-order valence-corrected chi connectivity index (χ3v) is 2.55. The average molecular weight is 304 g/mol. The van der Waals surface area contributed by atoms with Crippen molar-refractivity contribution >= 4 is 46.0 Å². The molecule has 2 aliphatic rings. The zero-order valence-electron chi connectivity index (χ0n) is 9.43. The van der Waals surface area contributed by atoms with Crippen LogP contribution in [0.5, 0.6) is 0 Å². The van der Waals surface area contributed by atoms with Gasteiger partial charge in [-0.25, -0.2) is 0 Å². The SMILES string of the molecule is NC1CC1.O=C(CCl)NC1CC1.O=C(Cl)CCl. The Labute approximate surface area is 116 Å². The number of hydrogen-bond acceptors (Lipinski definition) is 3. The maximum Gasteiger partial charge on any atom is 0.236 e. The average Bonchev–Trinajstić information content (AvgIpc) is 3.18. The molecule has 2 rings (SSSR count). The molecule has 3 N–H and O–H groups in total. The molecular formula is C10H17Cl3N2O2. The summed E-state index contributed by atoms with van der Waals surface area (Å²) in [6.45, 7) is 0. The first kappa shape index (κ1) is 17.0. The Morgan fingerprint density at radius 1 is 1.12 bits per heavy atom. The molecule has 7 heteroatoms. The summed E-state index contributed by atoms with van der Waals surface area (Å²) in [5.41, 5.74) is 5.22. The number of nitrogens with one attached hydrogen (secondary N) is 1. The molecule has 0 radical (unpaired) electrons. The van der Waals surface area contributed by atoms with Gasteiger partial charge in [-0.05, 0) is 37.3 Å². The molecule has 2 fully saturated rings. The minimum absolute atomic E-state index is 0.0471. The van der Waals surface area contributed by atoms with E-state index in [1.165, 1.54) is 12.8 Å². The molecule has 2 saturated carbocycles. The Morgan fingerprint density at radius 2 is 1.53 bits per heavy atom. The van der Waals surface area contributed by atoms with Crippen LogP contribution in [0.15, 0.2) is 0 Å². The van der Waals surface area contributed by atoms with Crippen molar-refractivity contribution in [2.45, 2.75) is 37.8 Å². The second-order valence-electron chi connectivity index (χ2n) is 3.80. The van der Waals surface area contributed by atoms with Crippen molar-refractivity contribution in [3.05, 3.63) is 0 Å². The van der Waals surface area contributed by atoms with E-state index < -0.39 is 5.24 Å². The Kier molecular flexibility index (Phi) is 9.93. The standard InChI is InChI=1S/C5H8ClNO.C3H7N.C2H2Cl2O/c6-3-5(8)7-4-1-2-4;4-3-1-2-3;3-1-2(4)5/h4H,1-3H2,(H,7,8);3H,1-2,4H2;1H2. The highest BCUT2D eigenvalue weighted by molar-refractivity contribution is 6.67. The van der Waals surface area contributed by atoms with Crippen LogP contribution in [0, 0.1) is 0 Å². The van der Waals surface area contributed by atoms with Crippen LogP contribution in [-0.4, -0.2) is 35.0 Å². The number of rotatable bonds is 3. The van der Waals surface area contributed by atoms with Gasteiger partial charge in [0.05, 0.1) is 5.88 Å². The smallest absolute Gasteiger partial charge is 0.236 e. The number of alkyl halides is 2. The molecule has 0 bridgehead atoms. The van der Waals surface area contributed by atoms with Gasteiger partial charge in [-0.3, -0.25) is 9.59 Å². The van der Waals surface area contributed by atoms with E-state index >= 15 is 0 Å². The molecule has 100 valence electrons. The van der Waals surface area contributed by atoms with Gasteiger partial charge in [0.25, 0.3) is 0 Å². The summed E-state index contributed by atoms with van der Waals surface area (Å²) in [4.78, 5) is 19.9.